The predicted octanol–water partition coefficient (Wildman–Crippen LogP) is 3.33. The van der Waals surface area contributed by atoms with Gasteiger partial charge >= 0.3 is 0 Å². The van der Waals surface area contributed by atoms with Gasteiger partial charge in [0, 0.05) is 22.7 Å². The van der Waals surface area contributed by atoms with Gasteiger partial charge in [-0.15, -0.1) is 0 Å². The lowest BCUT2D eigenvalue weighted by molar-refractivity contribution is 0.1000. The average molecular weight is 297 g/mol. The maximum atomic E-state index is 13.7. The Balaban J connectivity index is 2.13. The number of nitrogens with one attached hydrogen (secondary N) is 1. The fourth-order valence-electron chi connectivity index (χ4n) is 1.67. The Hall–Kier alpha value is -2.14. The molecule has 20 heavy (non-hydrogen) atoms. The highest BCUT2D eigenvalue weighted by Crippen LogP contribution is 2.20. The fourth-order valence-corrected chi connectivity index (χ4v) is 1.83. The minimum absolute atomic E-state index is 0.0728. The van der Waals surface area contributed by atoms with E-state index in [4.69, 9.17) is 17.3 Å². The van der Waals surface area contributed by atoms with Crippen LogP contribution in [0.25, 0.3) is 0 Å². The summed E-state index contributed by atoms with van der Waals surface area (Å²) in [5.41, 5.74) is 5.65. The van der Waals surface area contributed by atoms with Crippen LogP contribution < -0.4 is 11.1 Å². The second-order valence-corrected chi connectivity index (χ2v) is 4.58. The minimum Gasteiger partial charge on any atom is -0.378 e. The molecule has 1 amide bonds. The molecule has 3 N–H and O–H groups in total. The van der Waals surface area contributed by atoms with Crippen LogP contribution in [0.4, 0.5) is 14.5 Å². The Kier molecular flexibility index (Phi) is 4.20. The molecule has 2 aromatic carbocycles. The van der Waals surface area contributed by atoms with Gasteiger partial charge in [-0.05, 0) is 30.3 Å². The van der Waals surface area contributed by atoms with Gasteiger partial charge in [-0.2, -0.15) is 0 Å². The lowest BCUT2D eigenvalue weighted by Gasteiger charge is -2.09. The molecule has 2 aromatic rings. The lowest BCUT2D eigenvalue weighted by atomic mass is 10.1. The van der Waals surface area contributed by atoms with Crippen molar-refractivity contribution < 1.29 is 13.6 Å². The third-order valence-corrected chi connectivity index (χ3v) is 2.97. The van der Waals surface area contributed by atoms with Crippen molar-refractivity contribution in [3.8, 4) is 0 Å². The molecule has 0 heterocycles. The number of nitrogens with two attached hydrogens (primary N) is 1. The van der Waals surface area contributed by atoms with Crippen molar-refractivity contribution in [1.82, 2.24) is 0 Å². The maximum absolute atomic E-state index is 13.7. The number of carbonyl (C=O) groups excluding carboxylic acids is 1. The molecule has 2 rings (SSSR count). The third-order valence-electron chi connectivity index (χ3n) is 2.74. The minimum atomic E-state index is -0.702. The molecule has 0 aliphatic heterocycles. The van der Waals surface area contributed by atoms with Crippen LogP contribution in [0.3, 0.4) is 0 Å². The van der Waals surface area contributed by atoms with Gasteiger partial charge < -0.3 is 11.1 Å². The van der Waals surface area contributed by atoms with E-state index < -0.39 is 17.5 Å². The molecule has 0 fully saturated rings. The topological polar surface area (TPSA) is 55.1 Å². The number of anilines is 1. The molecule has 104 valence electrons. The van der Waals surface area contributed by atoms with E-state index in [1.54, 1.807) is 0 Å². The van der Waals surface area contributed by atoms with Crippen molar-refractivity contribution in [2.45, 2.75) is 6.54 Å². The SMILES string of the molecule is NC(=O)c1ccc(CNc2ccc(Cl)cc2F)c(F)c1. The van der Waals surface area contributed by atoms with Gasteiger partial charge in [0.05, 0.1) is 5.69 Å². The first-order valence-corrected chi connectivity index (χ1v) is 6.12. The van der Waals surface area contributed by atoms with Crippen LogP contribution in [0.5, 0.6) is 0 Å². The van der Waals surface area contributed by atoms with Crippen molar-refractivity contribution in [1.29, 1.82) is 0 Å². The van der Waals surface area contributed by atoms with E-state index in [1.807, 2.05) is 0 Å². The number of rotatable bonds is 4. The van der Waals surface area contributed by atoms with Crippen LogP contribution in [0.2, 0.25) is 5.02 Å². The maximum Gasteiger partial charge on any atom is 0.248 e. The third kappa shape index (κ3) is 3.24. The predicted molar refractivity (Wildman–Crippen MR) is 73.7 cm³/mol. The van der Waals surface area contributed by atoms with Crippen LogP contribution in [-0.4, -0.2) is 5.91 Å². The van der Waals surface area contributed by atoms with Crippen LogP contribution >= 0.6 is 11.6 Å². The largest absolute Gasteiger partial charge is 0.378 e. The molecule has 0 radical (unpaired) electrons. The van der Waals surface area contributed by atoms with Crippen LogP contribution in [0.15, 0.2) is 36.4 Å². The van der Waals surface area contributed by atoms with E-state index in [0.29, 0.717) is 5.56 Å². The first kappa shape index (κ1) is 14.3. The van der Waals surface area contributed by atoms with Crippen LogP contribution in [0, 0.1) is 11.6 Å². The summed E-state index contributed by atoms with van der Waals surface area (Å²) in [6.07, 6.45) is 0. The summed E-state index contributed by atoms with van der Waals surface area (Å²) in [4.78, 5) is 10.9. The van der Waals surface area contributed by atoms with Gasteiger partial charge in [0.2, 0.25) is 5.91 Å². The zero-order valence-corrected chi connectivity index (χ0v) is 11.0. The Morgan fingerprint density at radius 1 is 1.15 bits per heavy atom. The number of hydrogen-bond acceptors (Lipinski definition) is 2. The van der Waals surface area contributed by atoms with E-state index in [2.05, 4.69) is 5.32 Å². The van der Waals surface area contributed by atoms with Gasteiger partial charge in [0.15, 0.2) is 0 Å². The molecule has 0 unspecified atom stereocenters. The van der Waals surface area contributed by atoms with E-state index in [-0.39, 0.29) is 22.8 Å². The highest BCUT2D eigenvalue weighted by Gasteiger charge is 2.08. The number of benzene rings is 2. The molecule has 6 heteroatoms. The molecule has 0 spiro atoms. The molecule has 0 atom stereocenters. The van der Waals surface area contributed by atoms with Gasteiger partial charge in [-0.1, -0.05) is 17.7 Å². The Labute approximate surface area is 119 Å². The Morgan fingerprint density at radius 2 is 1.90 bits per heavy atom. The summed E-state index contributed by atoms with van der Waals surface area (Å²) in [5.74, 6) is -1.80. The quantitative estimate of drug-likeness (QED) is 0.909. The second-order valence-electron chi connectivity index (χ2n) is 4.15. The summed E-state index contributed by atoms with van der Waals surface area (Å²) < 4.78 is 27.2. The van der Waals surface area contributed by atoms with Gasteiger partial charge in [-0.3, -0.25) is 4.79 Å². The number of hydrogen-bond donors (Lipinski definition) is 2. The first-order valence-electron chi connectivity index (χ1n) is 5.74. The van der Waals surface area contributed by atoms with Gasteiger partial charge in [-0.25, -0.2) is 8.78 Å². The molecule has 0 aliphatic rings. The number of carbonyl (C=O) groups is 1. The van der Waals surface area contributed by atoms with Crippen molar-refractivity contribution in [3.63, 3.8) is 0 Å². The van der Waals surface area contributed by atoms with E-state index in [9.17, 15) is 13.6 Å². The molecule has 0 aromatic heterocycles. The average Bonchev–Trinajstić information content (AvgIpc) is 2.38. The molecule has 0 saturated heterocycles. The molecule has 0 aliphatic carbocycles. The first-order chi connectivity index (χ1) is 9.47. The molecular weight excluding hydrogens is 286 g/mol. The number of amides is 1. The lowest BCUT2D eigenvalue weighted by Crippen LogP contribution is -2.12. The van der Waals surface area contributed by atoms with E-state index >= 15 is 0 Å². The highest BCUT2D eigenvalue weighted by atomic mass is 35.5. The van der Waals surface area contributed by atoms with E-state index in [1.165, 1.54) is 24.3 Å². The molecule has 0 saturated carbocycles. The van der Waals surface area contributed by atoms with Crippen molar-refractivity contribution in [2.75, 3.05) is 5.32 Å². The van der Waals surface area contributed by atoms with Crippen LogP contribution in [-0.2, 0) is 6.54 Å². The van der Waals surface area contributed by atoms with Crippen molar-refractivity contribution >= 4 is 23.2 Å². The van der Waals surface area contributed by atoms with Crippen LogP contribution in [0.1, 0.15) is 15.9 Å². The summed E-state index contributed by atoms with van der Waals surface area (Å²) in [7, 11) is 0. The molecular formula is C14H11ClF2N2O. The monoisotopic (exact) mass is 296 g/mol. The van der Waals surface area contributed by atoms with Crippen molar-refractivity contribution in [2.24, 2.45) is 5.73 Å². The smallest absolute Gasteiger partial charge is 0.248 e. The highest BCUT2D eigenvalue weighted by molar-refractivity contribution is 6.30. The molecule has 3 nitrogen and oxygen atoms in total. The van der Waals surface area contributed by atoms with Crippen molar-refractivity contribution in [3.05, 3.63) is 64.2 Å². The molecule has 0 bridgehead atoms. The summed E-state index contributed by atoms with van der Waals surface area (Å²) >= 11 is 5.63. The zero-order valence-electron chi connectivity index (χ0n) is 10.3. The fraction of sp³-hybridized carbons (Fsp3) is 0.0714. The zero-order chi connectivity index (χ0) is 14.7. The van der Waals surface area contributed by atoms with Gasteiger partial charge in [0.1, 0.15) is 11.6 Å². The number of halogens is 3. The summed E-state index contributed by atoms with van der Waals surface area (Å²) in [6, 6.07) is 8.05. The second kappa shape index (κ2) is 5.88. The van der Waals surface area contributed by atoms with Gasteiger partial charge in [0.25, 0.3) is 0 Å². The normalized spacial score (nSPS) is 10.3. The van der Waals surface area contributed by atoms with E-state index in [0.717, 1.165) is 12.1 Å². The Bertz CT molecular complexity index is 662. The standard InChI is InChI=1S/C14H11ClF2N2O/c15-10-3-4-13(12(17)6-10)19-7-9-2-1-8(14(18)20)5-11(9)16/h1-6,19H,7H2,(H2,18,20). The summed E-state index contributed by atoms with van der Waals surface area (Å²) in [5, 5.41) is 3.04. The Morgan fingerprint density at radius 3 is 2.50 bits per heavy atom. The number of primary amides is 1. The summed E-state index contributed by atoms with van der Waals surface area (Å²) in [6.45, 7) is 0.0728.